The van der Waals surface area contributed by atoms with Gasteiger partial charge in [0, 0.05) is 7.11 Å². The van der Waals surface area contributed by atoms with Crippen LogP contribution in [0.4, 0.5) is 0 Å². The maximum atomic E-state index is 9.44. The molecule has 1 saturated heterocycles. The Morgan fingerprint density at radius 1 is 1.23 bits per heavy atom. The minimum atomic E-state index is -1.44. The highest BCUT2D eigenvalue weighted by Gasteiger charge is 2.43. The van der Waals surface area contributed by atoms with Crippen molar-refractivity contribution in [2.24, 2.45) is 0 Å². The Labute approximate surface area is 75.3 Å². The number of aliphatic hydroxyl groups excluding tert-OH is 4. The predicted molar refractivity (Wildman–Crippen MR) is 40.8 cm³/mol. The van der Waals surface area contributed by atoms with Crippen molar-refractivity contribution in [1.82, 2.24) is 0 Å². The Morgan fingerprint density at radius 3 is 2.31 bits per heavy atom. The van der Waals surface area contributed by atoms with Gasteiger partial charge in [0.15, 0.2) is 6.29 Å². The summed E-state index contributed by atoms with van der Waals surface area (Å²) in [6.07, 6.45) is -5.76. The molecule has 0 spiro atoms. The van der Waals surface area contributed by atoms with E-state index in [1.165, 1.54) is 7.11 Å². The lowest BCUT2D eigenvalue weighted by atomic mass is 9.99. The second-order valence-corrected chi connectivity index (χ2v) is 2.93. The average Bonchev–Trinajstić information content (AvgIpc) is 2.12. The minimum Gasteiger partial charge on any atom is -0.394 e. The number of ether oxygens (including phenoxy) is 2. The molecule has 1 fully saturated rings. The van der Waals surface area contributed by atoms with Crippen LogP contribution in [0.1, 0.15) is 0 Å². The molecular formula is C7H14O6. The molecule has 1 unspecified atom stereocenters. The third kappa shape index (κ3) is 1.98. The van der Waals surface area contributed by atoms with Crippen LogP contribution in [0.5, 0.6) is 0 Å². The van der Waals surface area contributed by atoms with Gasteiger partial charge in [-0.15, -0.1) is 0 Å². The quantitative estimate of drug-likeness (QED) is 0.386. The van der Waals surface area contributed by atoms with Gasteiger partial charge in [-0.25, -0.2) is 0 Å². The summed E-state index contributed by atoms with van der Waals surface area (Å²) < 4.78 is 9.48. The van der Waals surface area contributed by atoms with Gasteiger partial charge in [-0.3, -0.25) is 0 Å². The maximum Gasteiger partial charge on any atom is 0.184 e. The van der Waals surface area contributed by atoms with E-state index in [1.54, 1.807) is 0 Å². The van der Waals surface area contributed by atoms with E-state index >= 15 is 0 Å². The van der Waals surface area contributed by atoms with Crippen LogP contribution in [0.3, 0.4) is 0 Å². The Bertz CT molecular complexity index is 163. The van der Waals surface area contributed by atoms with Crippen molar-refractivity contribution in [3.63, 3.8) is 0 Å². The van der Waals surface area contributed by atoms with Gasteiger partial charge in [0.1, 0.15) is 24.4 Å². The van der Waals surface area contributed by atoms with Crippen molar-refractivity contribution in [1.29, 1.82) is 0 Å². The molecule has 0 aromatic rings. The largest absolute Gasteiger partial charge is 0.394 e. The topological polar surface area (TPSA) is 99.4 Å². The lowest BCUT2D eigenvalue weighted by Crippen LogP contribution is -2.59. The molecule has 0 amide bonds. The summed E-state index contributed by atoms with van der Waals surface area (Å²) in [6.45, 7) is -0.440. The second kappa shape index (κ2) is 4.32. The second-order valence-electron chi connectivity index (χ2n) is 2.93. The number of methoxy groups -OCH3 is 1. The molecule has 1 aliphatic rings. The number of rotatable bonds is 2. The Morgan fingerprint density at radius 2 is 1.85 bits per heavy atom. The van der Waals surface area contributed by atoms with Crippen LogP contribution in [-0.2, 0) is 9.47 Å². The first kappa shape index (κ1) is 10.8. The third-order valence-corrected chi connectivity index (χ3v) is 2.11. The van der Waals surface area contributed by atoms with Crippen LogP contribution in [0, 0.1) is 0 Å². The number of hydrogen-bond donors (Lipinski definition) is 4. The molecule has 6 heteroatoms. The normalized spacial score (nSPS) is 46.4. The summed E-state index contributed by atoms with van der Waals surface area (Å²) in [5.74, 6) is 0. The van der Waals surface area contributed by atoms with Crippen molar-refractivity contribution in [3.05, 3.63) is 0 Å². The highest BCUT2D eigenvalue weighted by molar-refractivity contribution is 4.89. The molecule has 1 aliphatic heterocycles. The fourth-order valence-electron chi connectivity index (χ4n) is 1.35. The van der Waals surface area contributed by atoms with E-state index in [0.717, 1.165) is 0 Å². The highest BCUT2D eigenvalue weighted by Crippen LogP contribution is 2.21. The molecule has 78 valence electrons. The summed E-state index contributed by atoms with van der Waals surface area (Å²) in [4.78, 5) is 0. The van der Waals surface area contributed by atoms with Gasteiger partial charge in [-0.05, 0) is 0 Å². The molecule has 13 heavy (non-hydrogen) atoms. The SMILES string of the molecule is CO[C@H]1[C@H](O)[C@@H](CO)OC(O)[C@@H]1O. The highest BCUT2D eigenvalue weighted by atomic mass is 16.6. The molecule has 0 aromatic carbocycles. The molecule has 1 heterocycles. The van der Waals surface area contributed by atoms with E-state index in [-0.39, 0.29) is 0 Å². The fraction of sp³-hybridized carbons (Fsp3) is 1.00. The predicted octanol–water partition coefficient (Wildman–Crippen LogP) is -2.57. The molecule has 6 nitrogen and oxygen atoms in total. The summed E-state index contributed by atoms with van der Waals surface area (Å²) in [5.41, 5.74) is 0. The van der Waals surface area contributed by atoms with E-state index < -0.39 is 37.3 Å². The van der Waals surface area contributed by atoms with Gasteiger partial charge < -0.3 is 29.9 Å². The zero-order valence-electron chi connectivity index (χ0n) is 7.20. The summed E-state index contributed by atoms with van der Waals surface area (Å²) in [7, 11) is 1.30. The lowest BCUT2D eigenvalue weighted by molar-refractivity contribution is -0.290. The van der Waals surface area contributed by atoms with Gasteiger partial charge in [0.05, 0.1) is 6.61 Å². The standard InChI is InChI=1S/C7H14O6/c1-12-6-4(9)3(2-8)13-7(11)5(6)10/h3-11H,2H2,1H3/t3-,4-,5-,6+,7?/m1/s1. The molecule has 1 rings (SSSR count). The molecule has 5 atom stereocenters. The molecule has 0 aromatic heterocycles. The summed E-state index contributed by atoms with van der Waals surface area (Å²) >= 11 is 0. The van der Waals surface area contributed by atoms with Crippen LogP contribution in [0.25, 0.3) is 0 Å². The third-order valence-electron chi connectivity index (χ3n) is 2.11. The van der Waals surface area contributed by atoms with Gasteiger partial charge in [-0.2, -0.15) is 0 Å². The lowest BCUT2D eigenvalue weighted by Gasteiger charge is -2.39. The molecule has 0 bridgehead atoms. The van der Waals surface area contributed by atoms with Gasteiger partial charge in [-0.1, -0.05) is 0 Å². The van der Waals surface area contributed by atoms with Crippen LogP contribution in [-0.4, -0.2) is 64.8 Å². The Kier molecular flexibility index (Phi) is 3.60. The van der Waals surface area contributed by atoms with Gasteiger partial charge in [0.25, 0.3) is 0 Å². The first-order valence-electron chi connectivity index (χ1n) is 3.95. The van der Waals surface area contributed by atoms with E-state index in [9.17, 15) is 10.2 Å². The van der Waals surface area contributed by atoms with Crippen molar-refractivity contribution >= 4 is 0 Å². The van der Waals surface area contributed by atoms with E-state index in [1.807, 2.05) is 0 Å². The molecule has 4 N–H and O–H groups in total. The van der Waals surface area contributed by atoms with E-state index in [0.29, 0.717) is 0 Å². The zero-order chi connectivity index (χ0) is 10.0. The zero-order valence-corrected chi connectivity index (χ0v) is 7.20. The van der Waals surface area contributed by atoms with Crippen LogP contribution >= 0.6 is 0 Å². The summed E-state index contributed by atoms with van der Waals surface area (Å²) in [5, 5.41) is 36.6. The molecule has 0 radical (unpaired) electrons. The molecule has 0 saturated carbocycles. The van der Waals surface area contributed by atoms with Crippen molar-refractivity contribution in [3.8, 4) is 0 Å². The Hall–Kier alpha value is -0.240. The van der Waals surface area contributed by atoms with Crippen molar-refractivity contribution < 1.29 is 29.9 Å². The van der Waals surface area contributed by atoms with Crippen LogP contribution in [0.2, 0.25) is 0 Å². The average molecular weight is 194 g/mol. The Balaban J connectivity index is 2.69. The van der Waals surface area contributed by atoms with Crippen molar-refractivity contribution in [2.75, 3.05) is 13.7 Å². The summed E-state index contributed by atoms with van der Waals surface area (Å²) in [6, 6.07) is 0. The molecular weight excluding hydrogens is 180 g/mol. The van der Waals surface area contributed by atoms with Crippen LogP contribution in [0.15, 0.2) is 0 Å². The first-order chi connectivity index (χ1) is 6.11. The number of aliphatic hydroxyl groups is 4. The minimum absolute atomic E-state index is 0.440. The van der Waals surface area contributed by atoms with Crippen LogP contribution < -0.4 is 0 Å². The number of hydrogen-bond acceptors (Lipinski definition) is 6. The smallest absolute Gasteiger partial charge is 0.184 e. The van der Waals surface area contributed by atoms with E-state index in [4.69, 9.17) is 19.7 Å². The first-order valence-corrected chi connectivity index (χ1v) is 3.95. The van der Waals surface area contributed by atoms with Crippen molar-refractivity contribution in [2.45, 2.75) is 30.7 Å². The van der Waals surface area contributed by atoms with Gasteiger partial charge >= 0.3 is 0 Å². The van der Waals surface area contributed by atoms with Gasteiger partial charge in [0.2, 0.25) is 0 Å². The van der Waals surface area contributed by atoms with E-state index in [2.05, 4.69) is 0 Å². The molecule has 0 aliphatic carbocycles. The monoisotopic (exact) mass is 194 g/mol. The maximum absolute atomic E-state index is 9.44. The fourth-order valence-corrected chi connectivity index (χ4v) is 1.35.